The maximum absolute atomic E-state index is 10.7. The molecule has 0 unspecified atom stereocenters. The Morgan fingerprint density at radius 2 is 1.45 bits per heavy atom. The smallest absolute Gasteiger partial charge is 0.128 e. The van der Waals surface area contributed by atoms with Crippen LogP contribution in [0, 0.1) is 0 Å². The number of carbonyl (C=O) groups is 1. The van der Waals surface area contributed by atoms with Gasteiger partial charge in [-0.25, -0.2) is 0 Å². The van der Waals surface area contributed by atoms with Crippen LogP contribution in [0.5, 0.6) is 11.5 Å². The van der Waals surface area contributed by atoms with E-state index in [-0.39, 0.29) is 5.56 Å². The molecule has 0 atom stereocenters. The van der Waals surface area contributed by atoms with Crippen molar-refractivity contribution in [2.24, 2.45) is 0 Å². The first kappa shape index (κ1) is 12.2. The molecule has 3 heteroatoms. The summed E-state index contributed by atoms with van der Waals surface area (Å²) >= 11 is 0. The molecule has 0 heterocycles. The van der Waals surface area contributed by atoms with Gasteiger partial charge in [0, 0.05) is 0 Å². The normalized spacial score (nSPS) is 10.4. The minimum Gasteiger partial charge on any atom is -0.545 e. The summed E-state index contributed by atoms with van der Waals surface area (Å²) in [7, 11) is 0. The summed E-state index contributed by atoms with van der Waals surface area (Å²) < 4.78 is 5.71. The van der Waals surface area contributed by atoms with Crippen LogP contribution in [0.3, 0.4) is 0 Å². The molecule has 0 N–H and O–H groups in total. The van der Waals surface area contributed by atoms with Crippen molar-refractivity contribution in [1.82, 2.24) is 0 Å². The van der Waals surface area contributed by atoms with E-state index < -0.39 is 5.97 Å². The summed E-state index contributed by atoms with van der Waals surface area (Å²) in [6.45, 7) is 0. The van der Waals surface area contributed by atoms with Gasteiger partial charge in [0.15, 0.2) is 0 Å². The number of hydrogen-bond acceptors (Lipinski definition) is 3. The fourth-order valence-corrected chi connectivity index (χ4v) is 2.03. The fraction of sp³-hybridized carbons (Fsp3) is 0. The standard InChI is InChI=1S/C17H12O3/c18-17(19)13-6-8-15(9-7-13)20-16-10-5-12-3-1-2-4-14(12)11-16/h1-11H,(H,18,19)/p-1. The molecule has 3 aromatic rings. The topological polar surface area (TPSA) is 49.4 Å². The largest absolute Gasteiger partial charge is 0.545 e. The Hall–Kier alpha value is -2.81. The molecule has 0 spiro atoms. The number of benzene rings is 3. The molecule has 0 bridgehead atoms. The maximum atomic E-state index is 10.7. The Labute approximate surface area is 116 Å². The highest BCUT2D eigenvalue weighted by Crippen LogP contribution is 2.25. The average molecular weight is 263 g/mol. The Morgan fingerprint density at radius 3 is 2.15 bits per heavy atom. The van der Waals surface area contributed by atoms with Gasteiger partial charge >= 0.3 is 0 Å². The molecule has 3 rings (SSSR count). The molecule has 0 saturated carbocycles. The number of aromatic carboxylic acids is 1. The first-order chi connectivity index (χ1) is 9.72. The lowest BCUT2D eigenvalue weighted by Crippen LogP contribution is -2.21. The van der Waals surface area contributed by atoms with E-state index in [1.807, 2.05) is 42.5 Å². The molecule has 3 aromatic carbocycles. The molecule has 0 aliphatic carbocycles. The summed E-state index contributed by atoms with van der Waals surface area (Å²) in [5.74, 6) is 0.109. The monoisotopic (exact) mass is 263 g/mol. The van der Waals surface area contributed by atoms with Crippen molar-refractivity contribution in [3.05, 3.63) is 72.3 Å². The Morgan fingerprint density at radius 1 is 0.800 bits per heavy atom. The van der Waals surface area contributed by atoms with Gasteiger partial charge in [0.25, 0.3) is 0 Å². The highest BCUT2D eigenvalue weighted by molar-refractivity contribution is 5.86. The van der Waals surface area contributed by atoms with Gasteiger partial charge in [-0.15, -0.1) is 0 Å². The van der Waals surface area contributed by atoms with Crippen molar-refractivity contribution in [3.63, 3.8) is 0 Å². The highest BCUT2D eigenvalue weighted by atomic mass is 16.5. The van der Waals surface area contributed by atoms with Crippen molar-refractivity contribution < 1.29 is 14.6 Å². The van der Waals surface area contributed by atoms with Gasteiger partial charge in [-0.3, -0.25) is 0 Å². The summed E-state index contributed by atoms with van der Waals surface area (Å²) in [6, 6.07) is 20.0. The van der Waals surface area contributed by atoms with Crippen molar-refractivity contribution in [2.45, 2.75) is 0 Å². The van der Waals surface area contributed by atoms with Crippen LogP contribution in [0.15, 0.2) is 66.7 Å². The van der Waals surface area contributed by atoms with E-state index in [1.165, 1.54) is 12.1 Å². The molecule has 0 amide bonds. The van der Waals surface area contributed by atoms with E-state index in [2.05, 4.69) is 0 Å². The number of carbonyl (C=O) groups excluding carboxylic acids is 1. The second-order valence-electron chi connectivity index (χ2n) is 4.42. The van der Waals surface area contributed by atoms with Crippen LogP contribution in [0.25, 0.3) is 10.8 Å². The molecule has 0 aliphatic rings. The Kier molecular flexibility index (Phi) is 3.09. The first-order valence-corrected chi connectivity index (χ1v) is 6.20. The molecular weight excluding hydrogens is 252 g/mol. The molecule has 0 radical (unpaired) electrons. The third-order valence-corrected chi connectivity index (χ3v) is 3.05. The summed E-state index contributed by atoms with van der Waals surface area (Å²) in [4.78, 5) is 10.7. The molecule has 0 saturated heterocycles. The van der Waals surface area contributed by atoms with Crippen LogP contribution < -0.4 is 9.84 Å². The Balaban J connectivity index is 1.87. The molecule has 3 nitrogen and oxygen atoms in total. The zero-order chi connectivity index (χ0) is 13.9. The van der Waals surface area contributed by atoms with Gasteiger partial charge in [-0.2, -0.15) is 0 Å². The van der Waals surface area contributed by atoms with E-state index in [1.54, 1.807) is 12.1 Å². The van der Waals surface area contributed by atoms with Crippen molar-refractivity contribution in [2.75, 3.05) is 0 Å². The van der Waals surface area contributed by atoms with E-state index >= 15 is 0 Å². The second-order valence-corrected chi connectivity index (χ2v) is 4.42. The van der Waals surface area contributed by atoms with E-state index in [4.69, 9.17) is 4.74 Å². The van der Waals surface area contributed by atoms with E-state index in [9.17, 15) is 9.90 Å². The SMILES string of the molecule is O=C([O-])c1ccc(Oc2ccc3ccccc3c2)cc1. The summed E-state index contributed by atoms with van der Waals surface area (Å²) in [5.41, 5.74) is 0.135. The minimum atomic E-state index is -1.19. The Bertz CT molecular complexity index is 761. The zero-order valence-corrected chi connectivity index (χ0v) is 10.6. The van der Waals surface area contributed by atoms with Crippen LogP contribution in [0.1, 0.15) is 10.4 Å². The predicted octanol–water partition coefficient (Wildman–Crippen LogP) is 3.00. The van der Waals surface area contributed by atoms with Crippen molar-refractivity contribution >= 4 is 16.7 Å². The van der Waals surface area contributed by atoms with Crippen molar-refractivity contribution in [1.29, 1.82) is 0 Å². The maximum Gasteiger partial charge on any atom is 0.128 e. The van der Waals surface area contributed by atoms with Gasteiger partial charge in [0.2, 0.25) is 0 Å². The van der Waals surface area contributed by atoms with E-state index in [0.717, 1.165) is 10.8 Å². The average Bonchev–Trinajstić information content (AvgIpc) is 2.48. The van der Waals surface area contributed by atoms with Gasteiger partial charge in [-0.1, -0.05) is 30.3 Å². The molecule has 0 aliphatic heterocycles. The number of hydrogen-bond donors (Lipinski definition) is 0. The molecular formula is C17H11O3-. The quantitative estimate of drug-likeness (QED) is 0.729. The van der Waals surface area contributed by atoms with Gasteiger partial charge in [0.1, 0.15) is 11.5 Å². The fourth-order valence-electron chi connectivity index (χ4n) is 2.03. The molecule has 20 heavy (non-hydrogen) atoms. The van der Waals surface area contributed by atoms with Crippen LogP contribution in [-0.4, -0.2) is 5.97 Å². The lowest BCUT2D eigenvalue weighted by Gasteiger charge is -2.08. The molecule has 98 valence electrons. The minimum absolute atomic E-state index is 0.135. The third kappa shape index (κ3) is 2.47. The summed E-state index contributed by atoms with van der Waals surface area (Å²) in [5, 5.41) is 12.9. The van der Waals surface area contributed by atoms with Crippen LogP contribution >= 0.6 is 0 Å². The van der Waals surface area contributed by atoms with Gasteiger partial charge in [0.05, 0.1) is 5.97 Å². The number of fused-ring (bicyclic) bond motifs is 1. The number of carboxylic acid groups (broad SMARTS) is 1. The van der Waals surface area contributed by atoms with Crippen LogP contribution in [0.4, 0.5) is 0 Å². The number of ether oxygens (including phenoxy) is 1. The zero-order valence-electron chi connectivity index (χ0n) is 10.6. The number of rotatable bonds is 3. The molecule has 0 fully saturated rings. The first-order valence-electron chi connectivity index (χ1n) is 6.20. The van der Waals surface area contributed by atoms with Gasteiger partial charge in [-0.05, 0) is 52.7 Å². The van der Waals surface area contributed by atoms with Crippen molar-refractivity contribution in [3.8, 4) is 11.5 Å². The van der Waals surface area contributed by atoms with Crippen LogP contribution in [0.2, 0.25) is 0 Å². The lowest BCUT2D eigenvalue weighted by molar-refractivity contribution is -0.255. The highest BCUT2D eigenvalue weighted by Gasteiger charge is 2.00. The number of carboxylic acids is 1. The van der Waals surface area contributed by atoms with Gasteiger partial charge < -0.3 is 14.6 Å². The summed E-state index contributed by atoms with van der Waals surface area (Å²) in [6.07, 6.45) is 0. The third-order valence-electron chi connectivity index (χ3n) is 3.05. The lowest BCUT2D eigenvalue weighted by atomic mass is 10.1. The molecule has 0 aromatic heterocycles. The predicted molar refractivity (Wildman–Crippen MR) is 74.8 cm³/mol. The second kappa shape index (κ2) is 5.05. The van der Waals surface area contributed by atoms with Crippen LogP contribution in [-0.2, 0) is 0 Å². The van der Waals surface area contributed by atoms with E-state index in [0.29, 0.717) is 11.5 Å².